The topological polar surface area (TPSA) is 66.9 Å². The van der Waals surface area contributed by atoms with Crippen LogP contribution in [0.1, 0.15) is 22.3 Å². The molecular formula is C20H18N2O4. The summed E-state index contributed by atoms with van der Waals surface area (Å²) in [5.74, 6) is -0.740. The molecule has 2 atom stereocenters. The minimum Gasteiger partial charge on any atom is -0.459 e. The zero-order valence-corrected chi connectivity index (χ0v) is 14.1. The van der Waals surface area contributed by atoms with Gasteiger partial charge in [0.2, 0.25) is 0 Å². The van der Waals surface area contributed by atoms with E-state index in [1.54, 1.807) is 24.3 Å². The Morgan fingerprint density at radius 3 is 2.31 bits per heavy atom. The number of imide groups is 1. The number of hydrogen-bond acceptors (Lipinski definition) is 4. The SMILES string of the molecule is O=C(OCc1ccccc1)C1CC2CN1C(=O)N2C(=O)c1ccccc1. The highest BCUT2D eigenvalue weighted by Crippen LogP contribution is 2.33. The van der Waals surface area contributed by atoms with Gasteiger partial charge in [-0.3, -0.25) is 9.69 Å². The van der Waals surface area contributed by atoms with Gasteiger partial charge >= 0.3 is 12.0 Å². The summed E-state index contributed by atoms with van der Waals surface area (Å²) in [4.78, 5) is 40.3. The monoisotopic (exact) mass is 350 g/mol. The van der Waals surface area contributed by atoms with Gasteiger partial charge in [0.05, 0.1) is 6.04 Å². The number of fused-ring (bicyclic) bond motifs is 2. The normalized spacial score (nSPS) is 21.2. The zero-order valence-electron chi connectivity index (χ0n) is 14.1. The van der Waals surface area contributed by atoms with Gasteiger partial charge in [-0.1, -0.05) is 48.5 Å². The highest BCUT2D eigenvalue weighted by molar-refractivity contribution is 6.07. The molecule has 2 bridgehead atoms. The van der Waals surface area contributed by atoms with Crippen molar-refractivity contribution in [3.05, 3.63) is 71.8 Å². The lowest BCUT2D eigenvalue weighted by Crippen LogP contribution is -2.50. The molecule has 0 aromatic heterocycles. The van der Waals surface area contributed by atoms with E-state index in [1.807, 2.05) is 36.4 Å². The summed E-state index contributed by atoms with van der Waals surface area (Å²) >= 11 is 0. The molecule has 0 N–H and O–H groups in total. The molecule has 0 aliphatic carbocycles. The van der Waals surface area contributed by atoms with E-state index in [0.29, 0.717) is 18.5 Å². The Kier molecular flexibility index (Phi) is 4.16. The van der Waals surface area contributed by atoms with Crippen molar-refractivity contribution in [3.8, 4) is 0 Å². The molecule has 2 aliphatic rings. The molecule has 132 valence electrons. The van der Waals surface area contributed by atoms with Crippen molar-refractivity contribution in [2.75, 3.05) is 6.54 Å². The maximum Gasteiger partial charge on any atom is 0.329 e. The number of esters is 1. The Labute approximate surface area is 151 Å². The molecule has 2 aromatic carbocycles. The summed E-state index contributed by atoms with van der Waals surface area (Å²) in [5, 5.41) is 0. The minimum atomic E-state index is -0.615. The van der Waals surface area contributed by atoms with Crippen LogP contribution in [0, 0.1) is 0 Å². The van der Waals surface area contributed by atoms with Gasteiger partial charge < -0.3 is 9.64 Å². The van der Waals surface area contributed by atoms with Gasteiger partial charge in [-0.25, -0.2) is 9.59 Å². The average molecular weight is 350 g/mol. The average Bonchev–Trinajstić information content (AvgIpc) is 3.25. The number of urea groups is 1. The third kappa shape index (κ3) is 2.83. The van der Waals surface area contributed by atoms with E-state index in [2.05, 4.69) is 0 Å². The van der Waals surface area contributed by atoms with Crippen LogP contribution in [0.3, 0.4) is 0 Å². The van der Waals surface area contributed by atoms with Gasteiger partial charge in [0, 0.05) is 18.5 Å². The lowest BCUT2D eigenvalue weighted by atomic mass is 10.1. The Balaban J connectivity index is 1.41. The summed E-state index contributed by atoms with van der Waals surface area (Å²) < 4.78 is 5.36. The largest absolute Gasteiger partial charge is 0.459 e. The maximum atomic E-state index is 12.6. The lowest BCUT2D eigenvalue weighted by Gasteiger charge is -2.29. The van der Waals surface area contributed by atoms with Gasteiger partial charge in [0.1, 0.15) is 12.6 Å². The van der Waals surface area contributed by atoms with Crippen molar-refractivity contribution in [1.82, 2.24) is 9.80 Å². The smallest absolute Gasteiger partial charge is 0.329 e. The summed E-state index contributed by atoms with van der Waals surface area (Å²) in [6.45, 7) is 0.554. The third-order valence-electron chi connectivity index (χ3n) is 4.83. The minimum absolute atomic E-state index is 0.176. The third-order valence-corrected chi connectivity index (χ3v) is 4.83. The summed E-state index contributed by atoms with van der Waals surface area (Å²) in [6.07, 6.45) is 0.415. The number of amides is 3. The highest BCUT2D eigenvalue weighted by Gasteiger charge is 2.53. The number of rotatable bonds is 4. The molecule has 26 heavy (non-hydrogen) atoms. The van der Waals surface area contributed by atoms with Crippen LogP contribution < -0.4 is 0 Å². The van der Waals surface area contributed by atoms with Gasteiger partial charge in [-0.2, -0.15) is 0 Å². The second-order valence-electron chi connectivity index (χ2n) is 6.47. The molecule has 4 rings (SSSR count). The van der Waals surface area contributed by atoms with Gasteiger partial charge in [-0.05, 0) is 17.7 Å². The molecule has 2 heterocycles. The number of carbonyl (C=O) groups is 3. The van der Waals surface area contributed by atoms with Gasteiger partial charge in [-0.15, -0.1) is 0 Å². The van der Waals surface area contributed by atoms with Crippen molar-refractivity contribution >= 4 is 17.9 Å². The van der Waals surface area contributed by atoms with Crippen molar-refractivity contribution in [1.29, 1.82) is 0 Å². The number of benzene rings is 2. The molecule has 2 aliphatic heterocycles. The first-order valence-corrected chi connectivity index (χ1v) is 8.55. The van der Waals surface area contributed by atoms with Crippen LogP contribution in [0.15, 0.2) is 60.7 Å². The maximum absolute atomic E-state index is 12.6. The molecular weight excluding hydrogens is 332 g/mol. The molecule has 2 saturated heterocycles. The van der Waals surface area contributed by atoms with Crippen LogP contribution in [0.25, 0.3) is 0 Å². The fraction of sp³-hybridized carbons (Fsp3) is 0.250. The van der Waals surface area contributed by atoms with Crippen LogP contribution in [0.2, 0.25) is 0 Å². The molecule has 2 aromatic rings. The predicted molar refractivity (Wildman–Crippen MR) is 93.1 cm³/mol. The van der Waals surface area contributed by atoms with Crippen molar-refractivity contribution in [3.63, 3.8) is 0 Å². The second-order valence-corrected chi connectivity index (χ2v) is 6.47. The molecule has 2 fully saturated rings. The summed E-state index contributed by atoms with van der Waals surface area (Å²) in [6, 6.07) is 16.8. The zero-order chi connectivity index (χ0) is 18.1. The van der Waals surface area contributed by atoms with E-state index in [1.165, 1.54) is 9.80 Å². The quantitative estimate of drug-likeness (QED) is 0.795. The Hall–Kier alpha value is -3.15. The first-order valence-electron chi connectivity index (χ1n) is 8.55. The molecule has 3 amide bonds. The number of carbonyl (C=O) groups excluding carboxylic acids is 3. The Morgan fingerprint density at radius 1 is 1.00 bits per heavy atom. The Bertz CT molecular complexity index is 837. The van der Waals surface area contributed by atoms with E-state index in [9.17, 15) is 14.4 Å². The molecule has 0 spiro atoms. The van der Waals surface area contributed by atoms with Crippen molar-refractivity contribution < 1.29 is 19.1 Å². The Morgan fingerprint density at radius 2 is 1.65 bits per heavy atom. The van der Waals surface area contributed by atoms with Crippen LogP contribution in [-0.4, -0.2) is 46.3 Å². The van der Waals surface area contributed by atoms with Gasteiger partial charge in [0.15, 0.2) is 0 Å². The highest BCUT2D eigenvalue weighted by atomic mass is 16.5. The predicted octanol–water partition coefficient (Wildman–Crippen LogP) is 2.45. The van der Waals surface area contributed by atoms with Crippen molar-refractivity contribution in [2.45, 2.75) is 25.1 Å². The molecule has 6 nitrogen and oxygen atoms in total. The fourth-order valence-electron chi connectivity index (χ4n) is 3.53. The standard InChI is InChI=1S/C20H18N2O4/c23-18(15-9-5-2-6-10-15)22-16-11-17(21(12-16)20(22)25)19(24)26-13-14-7-3-1-4-8-14/h1-10,16-17H,11-13H2. The van der Waals surface area contributed by atoms with E-state index >= 15 is 0 Å². The van der Waals surface area contributed by atoms with Crippen LogP contribution in [-0.2, 0) is 16.1 Å². The van der Waals surface area contributed by atoms with E-state index in [4.69, 9.17) is 4.74 Å². The van der Waals surface area contributed by atoms with Crippen LogP contribution >= 0.6 is 0 Å². The second kappa shape index (κ2) is 6.63. The van der Waals surface area contributed by atoms with Crippen LogP contribution in [0.5, 0.6) is 0 Å². The van der Waals surface area contributed by atoms with E-state index in [0.717, 1.165) is 5.56 Å². The summed E-state index contributed by atoms with van der Waals surface area (Å²) in [5.41, 5.74) is 1.36. The molecule has 6 heteroatoms. The molecule has 0 saturated carbocycles. The van der Waals surface area contributed by atoms with E-state index in [-0.39, 0.29) is 18.6 Å². The number of nitrogens with zero attached hydrogens (tertiary/aromatic N) is 2. The number of hydrogen-bond donors (Lipinski definition) is 0. The first-order chi connectivity index (χ1) is 12.6. The fourth-order valence-corrected chi connectivity index (χ4v) is 3.53. The lowest BCUT2D eigenvalue weighted by molar-refractivity contribution is -0.149. The van der Waals surface area contributed by atoms with Crippen LogP contribution in [0.4, 0.5) is 4.79 Å². The van der Waals surface area contributed by atoms with Crippen molar-refractivity contribution in [2.24, 2.45) is 0 Å². The molecule has 2 unspecified atom stereocenters. The summed E-state index contributed by atoms with van der Waals surface area (Å²) in [7, 11) is 0. The first kappa shape index (κ1) is 16.3. The number of ether oxygens (including phenoxy) is 1. The molecule has 0 radical (unpaired) electrons. The van der Waals surface area contributed by atoms with Gasteiger partial charge in [0.25, 0.3) is 5.91 Å². The van der Waals surface area contributed by atoms with E-state index < -0.39 is 18.0 Å².